The molecule has 0 amide bonds. The van der Waals surface area contributed by atoms with E-state index in [1.807, 2.05) is 0 Å². The van der Waals surface area contributed by atoms with Crippen LogP contribution in [-0.4, -0.2) is 23.0 Å². The number of hydrogen-bond donors (Lipinski definition) is 1. The average molecular weight is 239 g/mol. The Labute approximate surface area is 102 Å². The SMILES string of the molecule is CCC1(CC)CCN(Cc2csc(N)n2)C1. The van der Waals surface area contributed by atoms with Crippen molar-refractivity contribution < 1.29 is 0 Å². The van der Waals surface area contributed by atoms with E-state index in [9.17, 15) is 0 Å². The van der Waals surface area contributed by atoms with Crippen molar-refractivity contribution in [1.29, 1.82) is 0 Å². The van der Waals surface area contributed by atoms with E-state index in [-0.39, 0.29) is 0 Å². The highest BCUT2D eigenvalue weighted by Gasteiger charge is 2.34. The van der Waals surface area contributed by atoms with Gasteiger partial charge in [0, 0.05) is 18.5 Å². The predicted octanol–water partition coefficient (Wildman–Crippen LogP) is 2.74. The third-order valence-corrected chi connectivity index (χ3v) is 4.70. The van der Waals surface area contributed by atoms with Gasteiger partial charge in [0.25, 0.3) is 0 Å². The minimum atomic E-state index is 0.557. The maximum Gasteiger partial charge on any atom is 0.180 e. The van der Waals surface area contributed by atoms with Crippen LogP contribution in [0.5, 0.6) is 0 Å². The summed E-state index contributed by atoms with van der Waals surface area (Å²) in [5.41, 5.74) is 7.33. The van der Waals surface area contributed by atoms with Gasteiger partial charge in [-0.15, -0.1) is 11.3 Å². The van der Waals surface area contributed by atoms with Gasteiger partial charge < -0.3 is 5.73 Å². The standard InChI is InChI=1S/C12H21N3S/c1-3-12(4-2)5-6-15(9-12)7-10-8-16-11(13)14-10/h8H,3-7,9H2,1-2H3,(H2,13,14). The van der Waals surface area contributed by atoms with Crippen LogP contribution in [0.15, 0.2) is 5.38 Å². The van der Waals surface area contributed by atoms with Gasteiger partial charge in [-0.1, -0.05) is 13.8 Å². The molecule has 1 fully saturated rings. The number of nitrogen functional groups attached to an aromatic ring is 1. The van der Waals surface area contributed by atoms with Crippen molar-refractivity contribution in [2.45, 2.75) is 39.7 Å². The first kappa shape index (κ1) is 11.9. The third kappa shape index (κ3) is 2.38. The molecule has 2 N–H and O–H groups in total. The molecule has 0 radical (unpaired) electrons. The van der Waals surface area contributed by atoms with E-state index in [1.54, 1.807) is 0 Å². The Kier molecular flexibility index (Phi) is 3.50. The van der Waals surface area contributed by atoms with Gasteiger partial charge >= 0.3 is 0 Å². The molecule has 0 saturated carbocycles. The Morgan fingerprint density at radius 2 is 2.25 bits per heavy atom. The maximum absolute atomic E-state index is 5.65. The first-order valence-corrected chi connectivity index (χ1v) is 6.97. The van der Waals surface area contributed by atoms with Crippen LogP contribution in [0.3, 0.4) is 0 Å². The average Bonchev–Trinajstić information content (AvgIpc) is 2.87. The van der Waals surface area contributed by atoms with Crippen molar-refractivity contribution in [3.8, 4) is 0 Å². The Hall–Kier alpha value is -0.610. The van der Waals surface area contributed by atoms with Crippen molar-refractivity contribution in [2.75, 3.05) is 18.8 Å². The lowest BCUT2D eigenvalue weighted by atomic mass is 9.82. The molecule has 1 aromatic rings. The highest BCUT2D eigenvalue weighted by molar-refractivity contribution is 7.13. The summed E-state index contributed by atoms with van der Waals surface area (Å²) in [5, 5.41) is 2.76. The van der Waals surface area contributed by atoms with Gasteiger partial charge in [-0.05, 0) is 31.2 Å². The molecule has 90 valence electrons. The molecular formula is C12H21N3S. The summed E-state index contributed by atoms with van der Waals surface area (Å²) in [6.07, 6.45) is 3.91. The van der Waals surface area contributed by atoms with Gasteiger partial charge in [0.2, 0.25) is 0 Å². The lowest BCUT2D eigenvalue weighted by Gasteiger charge is -2.26. The Bertz CT molecular complexity index is 344. The van der Waals surface area contributed by atoms with E-state index in [1.165, 1.54) is 43.7 Å². The largest absolute Gasteiger partial charge is 0.375 e. The highest BCUT2D eigenvalue weighted by atomic mass is 32.1. The normalized spacial score (nSPS) is 20.4. The van der Waals surface area contributed by atoms with Crippen LogP contribution < -0.4 is 5.73 Å². The van der Waals surface area contributed by atoms with E-state index in [0.717, 1.165) is 12.2 Å². The van der Waals surface area contributed by atoms with Gasteiger partial charge in [0.15, 0.2) is 5.13 Å². The van der Waals surface area contributed by atoms with E-state index >= 15 is 0 Å². The molecule has 0 aromatic carbocycles. The molecule has 16 heavy (non-hydrogen) atoms. The molecule has 4 heteroatoms. The predicted molar refractivity (Wildman–Crippen MR) is 69.4 cm³/mol. The van der Waals surface area contributed by atoms with Gasteiger partial charge in [-0.2, -0.15) is 0 Å². The van der Waals surface area contributed by atoms with Crippen LogP contribution in [0.1, 0.15) is 38.8 Å². The molecule has 1 aromatic heterocycles. The number of nitrogens with two attached hydrogens (primary N) is 1. The molecule has 2 rings (SSSR count). The summed E-state index contributed by atoms with van der Waals surface area (Å²) in [6.45, 7) is 8.02. The van der Waals surface area contributed by atoms with Crippen molar-refractivity contribution >= 4 is 16.5 Å². The number of likely N-dealkylation sites (tertiary alicyclic amines) is 1. The second-order valence-corrected chi connectivity index (χ2v) is 5.73. The molecule has 0 atom stereocenters. The molecule has 3 nitrogen and oxygen atoms in total. The zero-order valence-corrected chi connectivity index (χ0v) is 11.0. The van der Waals surface area contributed by atoms with Crippen molar-refractivity contribution in [3.63, 3.8) is 0 Å². The molecule has 0 spiro atoms. The van der Waals surface area contributed by atoms with Crippen LogP contribution in [-0.2, 0) is 6.54 Å². The quantitative estimate of drug-likeness (QED) is 0.878. The van der Waals surface area contributed by atoms with Crippen molar-refractivity contribution in [2.24, 2.45) is 5.41 Å². The fourth-order valence-corrected chi connectivity index (χ4v) is 3.17. The van der Waals surface area contributed by atoms with Crippen LogP contribution >= 0.6 is 11.3 Å². The number of aromatic nitrogens is 1. The Balaban J connectivity index is 1.94. The summed E-state index contributed by atoms with van der Waals surface area (Å²) in [6, 6.07) is 0. The minimum Gasteiger partial charge on any atom is -0.375 e. The molecule has 2 heterocycles. The fraction of sp³-hybridized carbons (Fsp3) is 0.750. The first-order chi connectivity index (χ1) is 7.67. The molecule has 0 unspecified atom stereocenters. The highest BCUT2D eigenvalue weighted by Crippen LogP contribution is 2.37. The zero-order valence-electron chi connectivity index (χ0n) is 10.2. The van der Waals surface area contributed by atoms with Crippen molar-refractivity contribution in [1.82, 2.24) is 9.88 Å². The van der Waals surface area contributed by atoms with Crippen LogP contribution in [0.4, 0.5) is 5.13 Å². The molecule has 1 aliphatic rings. The second-order valence-electron chi connectivity index (χ2n) is 4.84. The monoisotopic (exact) mass is 239 g/mol. The minimum absolute atomic E-state index is 0.557. The van der Waals surface area contributed by atoms with Gasteiger partial charge in [0.1, 0.15) is 0 Å². The Morgan fingerprint density at radius 1 is 1.50 bits per heavy atom. The van der Waals surface area contributed by atoms with Gasteiger partial charge in [-0.3, -0.25) is 4.90 Å². The summed E-state index contributed by atoms with van der Waals surface area (Å²) >= 11 is 1.54. The van der Waals surface area contributed by atoms with Crippen LogP contribution in [0.2, 0.25) is 0 Å². The topological polar surface area (TPSA) is 42.1 Å². The Morgan fingerprint density at radius 3 is 2.75 bits per heavy atom. The maximum atomic E-state index is 5.65. The number of anilines is 1. The number of nitrogens with zero attached hydrogens (tertiary/aromatic N) is 2. The summed E-state index contributed by atoms with van der Waals surface area (Å²) < 4.78 is 0. The second kappa shape index (κ2) is 4.72. The van der Waals surface area contributed by atoms with Crippen molar-refractivity contribution in [3.05, 3.63) is 11.1 Å². The van der Waals surface area contributed by atoms with Crippen LogP contribution in [0.25, 0.3) is 0 Å². The molecule has 1 saturated heterocycles. The first-order valence-electron chi connectivity index (χ1n) is 6.10. The third-order valence-electron chi connectivity index (χ3n) is 3.97. The summed E-state index contributed by atoms with van der Waals surface area (Å²) in [7, 11) is 0. The van der Waals surface area contributed by atoms with E-state index in [2.05, 4.69) is 29.1 Å². The number of thiazole rings is 1. The number of rotatable bonds is 4. The lowest BCUT2D eigenvalue weighted by Crippen LogP contribution is -2.26. The van der Waals surface area contributed by atoms with Gasteiger partial charge in [-0.25, -0.2) is 4.98 Å². The van der Waals surface area contributed by atoms with Gasteiger partial charge in [0.05, 0.1) is 5.69 Å². The molecular weight excluding hydrogens is 218 g/mol. The zero-order chi connectivity index (χ0) is 11.6. The summed E-state index contributed by atoms with van der Waals surface area (Å²) in [4.78, 5) is 6.84. The summed E-state index contributed by atoms with van der Waals surface area (Å²) in [5.74, 6) is 0. The van der Waals surface area contributed by atoms with E-state index < -0.39 is 0 Å². The molecule has 1 aliphatic heterocycles. The fourth-order valence-electron chi connectivity index (χ4n) is 2.61. The smallest absolute Gasteiger partial charge is 0.180 e. The van der Waals surface area contributed by atoms with E-state index in [0.29, 0.717) is 10.5 Å². The number of hydrogen-bond acceptors (Lipinski definition) is 4. The molecule has 0 aliphatic carbocycles. The van der Waals surface area contributed by atoms with E-state index in [4.69, 9.17) is 5.73 Å². The van der Waals surface area contributed by atoms with Crippen LogP contribution in [0, 0.1) is 5.41 Å². The molecule has 0 bridgehead atoms. The lowest BCUT2D eigenvalue weighted by molar-refractivity contribution is 0.235.